The van der Waals surface area contributed by atoms with Crippen LogP contribution >= 0.6 is 0 Å². The van der Waals surface area contributed by atoms with Gasteiger partial charge in [0, 0.05) is 42.0 Å². The molecule has 0 radical (unpaired) electrons. The third-order valence-electron chi connectivity index (χ3n) is 6.38. The molecule has 0 N–H and O–H groups in total. The zero-order chi connectivity index (χ0) is 30.2. The number of oxime groups is 2. The van der Waals surface area contributed by atoms with Crippen molar-refractivity contribution >= 4 is 46.2 Å². The van der Waals surface area contributed by atoms with Gasteiger partial charge in [-0.05, 0) is 86.5 Å². The van der Waals surface area contributed by atoms with Gasteiger partial charge in [0.1, 0.15) is 0 Å². The number of hydrogen-bond donors (Lipinski definition) is 0. The van der Waals surface area contributed by atoms with E-state index >= 15 is 0 Å². The summed E-state index contributed by atoms with van der Waals surface area (Å²) in [5, 5.41) is 7.74. The standard InChI is InChI=1S/C34H31N3O5/c1-22-7-6-8-30(21-22)34(40)29-13-19-33(20-14-29)37(31-15-9-27(10-16-31)23(2)35-41-25(4)38)32-17-11-28(12-18-32)24(3)36-42-26(5)39/h6-21H,1-5H3/b35-23-,36-24?. The minimum atomic E-state index is -0.488. The Morgan fingerprint density at radius 1 is 0.548 bits per heavy atom. The first-order valence-corrected chi connectivity index (χ1v) is 13.3. The van der Waals surface area contributed by atoms with E-state index in [2.05, 4.69) is 10.3 Å². The monoisotopic (exact) mass is 561 g/mol. The summed E-state index contributed by atoms with van der Waals surface area (Å²) in [6.07, 6.45) is 0. The third-order valence-corrected chi connectivity index (χ3v) is 6.38. The molecule has 0 amide bonds. The van der Waals surface area contributed by atoms with Crippen LogP contribution in [0.5, 0.6) is 0 Å². The van der Waals surface area contributed by atoms with Crippen LogP contribution in [0, 0.1) is 6.92 Å². The summed E-state index contributed by atoms with van der Waals surface area (Å²) in [7, 11) is 0. The van der Waals surface area contributed by atoms with E-state index < -0.39 is 11.9 Å². The lowest BCUT2D eigenvalue weighted by atomic mass is 10.0. The topological polar surface area (TPSA) is 97.6 Å². The zero-order valence-corrected chi connectivity index (χ0v) is 24.1. The SMILES string of the molecule is CC(=O)ON=C(C)c1ccc(N(c2ccc(C(=O)c3cccc(C)c3)cc2)c2ccc(/C(C)=N\OC(C)=O)cc2)cc1. The Balaban J connectivity index is 1.70. The number of carbonyl (C=O) groups is 3. The first-order chi connectivity index (χ1) is 20.1. The largest absolute Gasteiger partial charge is 0.331 e. The highest BCUT2D eigenvalue weighted by molar-refractivity contribution is 6.09. The minimum Gasteiger partial charge on any atom is -0.318 e. The van der Waals surface area contributed by atoms with E-state index in [1.807, 2.05) is 109 Å². The molecular formula is C34H31N3O5. The lowest BCUT2D eigenvalue weighted by Gasteiger charge is -2.26. The smallest absolute Gasteiger partial charge is 0.318 e. The predicted molar refractivity (Wildman–Crippen MR) is 164 cm³/mol. The number of rotatable bonds is 9. The van der Waals surface area contributed by atoms with Crippen molar-refractivity contribution in [2.45, 2.75) is 34.6 Å². The van der Waals surface area contributed by atoms with E-state index in [0.717, 1.165) is 33.8 Å². The maximum atomic E-state index is 13.1. The van der Waals surface area contributed by atoms with Crippen molar-refractivity contribution in [3.8, 4) is 0 Å². The van der Waals surface area contributed by atoms with Crippen molar-refractivity contribution in [2.24, 2.45) is 10.3 Å². The summed E-state index contributed by atoms with van der Waals surface area (Å²) in [4.78, 5) is 47.0. The molecule has 4 rings (SSSR count). The van der Waals surface area contributed by atoms with E-state index in [0.29, 0.717) is 22.6 Å². The maximum absolute atomic E-state index is 13.1. The Hall–Kier alpha value is -5.37. The van der Waals surface area contributed by atoms with E-state index in [1.54, 1.807) is 13.8 Å². The summed E-state index contributed by atoms with van der Waals surface area (Å²) < 4.78 is 0. The normalized spacial score (nSPS) is 11.5. The van der Waals surface area contributed by atoms with Crippen LogP contribution < -0.4 is 4.90 Å². The molecule has 0 aliphatic carbocycles. The molecule has 4 aromatic carbocycles. The van der Waals surface area contributed by atoms with Crippen molar-refractivity contribution in [1.29, 1.82) is 0 Å². The highest BCUT2D eigenvalue weighted by atomic mass is 16.7. The molecule has 8 nitrogen and oxygen atoms in total. The van der Waals surface area contributed by atoms with Crippen LogP contribution in [0.3, 0.4) is 0 Å². The first-order valence-electron chi connectivity index (χ1n) is 13.3. The number of hydrogen-bond acceptors (Lipinski definition) is 8. The van der Waals surface area contributed by atoms with Gasteiger partial charge in [-0.2, -0.15) is 0 Å². The highest BCUT2D eigenvalue weighted by Crippen LogP contribution is 2.35. The molecule has 0 spiro atoms. The summed E-state index contributed by atoms with van der Waals surface area (Å²) in [6, 6.07) is 30.3. The van der Waals surface area contributed by atoms with E-state index in [-0.39, 0.29) is 5.78 Å². The average molecular weight is 562 g/mol. The van der Waals surface area contributed by atoms with Gasteiger partial charge in [-0.1, -0.05) is 58.3 Å². The minimum absolute atomic E-state index is 0.0457. The van der Waals surface area contributed by atoms with Gasteiger partial charge in [0.25, 0.3) is 0 Å². The number of nitrogens with zero attached hydrogens (tertiary/aromatic N) is 3. The van der Waals surface area contributed by atoms with E-state index in [9.17, 15) is 14.4 Å². The Morgan fingerprint density at radius 3 is 1.33 bits per heavy atom. The average Bonchev–Trinajstić information content (AvgIpc) is 2.99. The van der Waals surface area contributed by atoms with Crippen molar-refractivity contribution in [3.63, 3.8) is 0 Å². The molecule has 0 atom stereocenters. The second-order valence-corrected chi connectivity index (χ2v) is 9.69. The molecule has 0 saturated carbocycles. The quantitative estimate of drug-likeness (QED) is 0.0923. The number of carbonyl (C=O) groups excluding carboxylic acids is 3. The van der Waals surface area contributed by atoms with Crippen LogP contribution in [-0.2, 0) is 19.3 Å². The van der Waals surface area contributed by atoms with Gasteiger partial charge in [-0.3, -0.25) is 4.79 Å². The van der Waals surface area contributed by atoms with Crippen LogP contribution in [0.25, 0.3) is 0 Å². The summed E-state index contributed by atoms with van der Waals surface area (Å²) >= 11 is 0. The van der Waals surface area contributed by atoms with E-state index in [1.165, 1.54) is 13.8 Å². The Bertz CT molecular complexity index is 1580. The molecule has 0 bridgehead atoms. The molecule has 0 saturated heterocycles. The molecule has 0 fully saturated rings. The van der Waals surface area contributed by atoms with Gasteiger partial charge < -0.3 is 14.6 Å². The molecule has 212 valence electrons. The van der Waals surface area contributed by atoms with Gasteiger partial charge in [-0.15, -0.1) is 0 Å². The summed E-state index contributed by atoms with van der Waals surface area (Å²) in [5.74, 6) is -1.02. The van der Waals surface area contributed by atoms with Crippen molar-refractivity contribution in [3.05, 3.63) is 125 Å². The molecule has 0 aliphatic heterocycles. The lowest BCUT2D eigenvalue weighted by Crippen LogP contribution is -2.11. The molecule has 8 heteroatoms. The van der Waals surface area contributed by atoms with Crippen LogP contribution in [-0.4, -0.2) is 29.1 Å². The number of anilines is 3. The number of aryl methyl sites for hydroxylation is 1. The summed E-state index contributed by atoms with van der Waals surface area (Å²) in [5.41, 5.74) is 7.53. The second kappa shape index (κ2) is 13.3. The maximum Gasteiger partial charge on any atom is 0.331 e. The van der Waals surface area contributed by atoms with Crippen LogP contribution in [0.1, 0.15) is 60.3 Å². The second-order valence-electron chi connectivity index (χ2n) is 9.69. The van der Waals surface area contributed by atoms with Crippen molar-refractivity contribution < 1.29 is 24.1 Å². The van der Waals surface area contributed by atoms with Gasteiger partial charge in [0.2, 0.25) is 0 Å². The fraction of sp³-hybridized carbons (Fsp3) is 0.147. The van der Waals surface area contributed by atoms with Crippen LogP contribution in [0.4, 0.5) is 17.1 Å². The fourth-order valence-electron chi connectivity index (χ4n) is 4.24. The molecule has 0 aromatic heterocycles. The number of ketones is 1. The third kappa shape index (κ3) is 7.42. The van der Waals surface area contributed by atoms with E-state index in [4.69, 9.17) is 9.68 Å². The van der Waals surface area contributed by atoms with Gasteiger partial charge in [-0.25, -0.2) is 9.59 Å². The van der Waals surface area contributed by atoms with Gasteiger partial charge in [0.05, 0.1) is 11.4 Å². The predicted octanol–water partition coefficient (Wildman–Crippen LogP) is 7.27. The highest BCUT2D eigenvalue weighted by Gasteiger charge is 2.16. The fourth-order valence-corrected chi connectivity index (χ4v) is 4.24. The van der Waals surface area contributed by atoms with Crippen LogP contribution in [0.2, 0.25) is 0 Å². The Labute approximate surface area is 244 Å². The molecule has 0 aliphatic rings. The Morgan fingerprint density at radius 2 is 0.952 bits per heavy atom. The Kier molecular flexibility index (Phi) is 9.39. The van der Waals surface area contributed by atoms with Crippen molar-refractivity contribution in [1.82, 2.24) is 0 Å². The molecule has 4 aromatic rings. The lowest BCUT2D eigenvalue weighted by molar-refractivity contribution is -0.141. The molecule has 42 heavy (non-hydrogen) atoms. The molecular weight excluding hydrogens is 530 g/mol. The zero-order valence-electron chi connectivity index (χ0n) is 24.1. The summed E-state index contributed by atoms with van der Waals surface area (Å²) in [6.45, 7) is 8.08. The number of benzene rings is 4. The van der Waals surface area contributed by atoms with Crippen molar-refractivity contribution in [2.75, 3.05) is 4.90 Å². The first kappa shape index (κ1) is 29.6. The van der Waals surface area contributed by atoms with Gasteiger partial charge in [0.15, 0.2) is 5.78 Å². The van der Waals surface area contributed by atoms with Gasteiger partial charge >= 0.3 is 11.9 Å². The molecule has 0 heterocycles. The van der Waals surface area contributed by atoms with Crippen LogP contribution in [0.15, 0.2) is 107 Å². The molecule has 0 unspecified atom stereocenters.